The summed E-state index contributed by atoms with van der Waals surface area (Å²) in [6.07, 6.45) is 1.52. The van der Waals surface area contributed by atoms with Gasteiger partial charge >= 0.3 is 6.03 Å². The molecule has 1 unspecified atom stereocenters. The van der Waals surface area contributed by atoms with Crippen molar-refractivity contribution in [2.45, 2.75) is 46.1 Å². The molecule has 8 heteroatoms. The topological polar surface area (TPSA) is 64.2 Å². The summed E-state index contributed by atoms with van der Waals surface area (Å²) in [6.45, 7) is 9.61. The first-order valence-corrected chi connectivity index (χ1v) is 11.7. The Balaban J connectivity index is 1.91. The number of urea groups is 1. The summed E-state index contributed by atoms with van der Waals surface area (Å²) in [5, 5.41) is 0.565. The number of imide groups is 2. The van der Waals surface area contributed by atoms with Gasteiger partial charge in [0.15, 0.2) is 5.41 Å². The summed E-state index contributed by atoms with van der Waals surface area (Å²) in [4.78, 5) is 48.2. The first-order valence-electron chi connectivity index (χ1n) is 11.3. The van der Waals surface area contributed by atoms with Crippen molar-refractivity contribution < 1.29 is 14.4 Å². The molecule has 2 saturated heterocycles. The van der Waals surface area contributed by atoms with Gasteiger partial charge in [-0.2, -0.15) is 0 Å². The molecule has 1 atom stereocenters. The average molecular weight is 447 g/mol. The molecule has 0 radical (unpaired) electrons. The maximum absolute atomic E-state index is 14.0. The molecule has 31 heavy (non-hydrogen) atoms. The Hall–Kier alpha value is -2.12. The van der Waals surface area contributed by atoms with Gasteiger partial charge in [-0.1, -0.05) is 38.4 Å². The van der Waals surface area contributed by atoms with Gasteiger partial charge in [0.2, 0.25) is 11.8 Å². The molecule has 3 aliphatic heterocycles. The molecule has 3 aliphatic rings. The van der Waals surface area contributed by atoms with Crippen LogP contribution in [0.2, 0.25) is 5.02 Å². The molecule has 1 spiro atoms. The first kappa shape index (κ1) is 22.1. The van der Waals surface area contributed by atoms with E-state index >= 15 is 0 Å². The molecule has 2 fully saturated rings. The van der Waals surface area contributed by atoms with Crippen LogP contribution in [0.5, 0.6) is 0 Å². The number of halogens is 1. The third-order valence-corrected chi connectivity index (χ3v) is 7.30. The van der Waals surface area contributed by atoms with Crippen LogP contribution in [0, 0.1) is 5.41 Å². The van der Waals surface area contributed by atoms with E-state index in [0.717, 1.165) is 24.3 Å². The zero-order valence-electron chi connectivity index (χ0n) is 18.6. The van der Waals surface area contributed by atoms with Crippen molar-refractivity contribution in [3.05, 3.63) is 28.8 Å². The number of amides is 4. The molecule has 0 aromatic heterocycles. The number of nitrogens with zero attached hydrogens (tertiary/aromatic N) is 4. The van der Waals surface area contributed by atoms with Gasteiger partial charge in [-0.3, -0.25) is 24.3 Å². The van der Waals surface area contributed by atoms with Crippen molar-refractivity contribution >= 4 is 35.1 Å². The second-order valence-corrected chi connectivity index (χ2v) is 9.09. The monoisotopic (exact) mass is 446 g/mol. The van der Waals surface area contributed by atoms with Crippen molar-refractivity contribution in [3.63, 3.8) is 0 Å². The number of piperazine rings is 1. The lowest BCUT2D eigenvalue weighted by molar-refractivity contribution is -0.162. The molecule has 1 aromatic rings. The molecule has 0 N–H and O–H groups in total. The lowest BCUT2D eigenvalue weighted by Gasteiger charge is -2.56. The number of benzene rings is 1. The molecular formula is C23H31ClN4O3. The fraction of sp³-hybridized carbons (Fsp3) is 0.609. The summed E-state index contributed by atoms with van der Waals surface area (Å²) in [5.74, 6) is -0.731. The molecular weight excluding hydrogens is 416 g/mol. The summed E-state index contributed by atoms with van der Waals surface area (Å²) < 4.78 is 0. The van der Waals surface area contributed by atoms with E-state index in [2.05, 4.69) is 16.7 Å². The van der Waals surface area contributed by atoms with Crippen LogP contribution in [-0.4, -0.2) is 77.9 Å². The maximum Gasteiger partial charge on any atom is 0.333 e. The lowest BCUT2D eigenvalue weighted by Crippen LogP contribution is -2.75. The van der Waals surface area contributed by atoms with Crippen LogP contribution in [0.4, 0.5) is 10.5 Å². The predicted octanol–water partition coefficient (Wildman–Crippen LogP) is 3.00. The van der Waals surface area contributed by atoms with Gasteiger partial charge in [0.25, 0.3) is 0 Å². The Labute approximate surface area is 188 Å². The van der Waals surface area contributed by atoms with E-state index in [0.29, 0.717) is 44.0 Å². The normalized spacial score (nSPS) is 23.4. The van der Waals surface area contributed by atoms with E-state index in [1.807, 2.05) is 32.0 Å². The minimum absolute atomic E-state index is 0.228. The van der Waals surface area contributed by atoms with Gasteiger partial charge in [0, 0.05) is 49.9 Å². The number of anilines is 1. The van der Waals surface area contributed by atoms with Crippen LogP contribution in [0.1, 0.15) is 39.2 Å². The average Bonchev–Trinajstić information content (AvgIpc) is 2.78. The lowest BCUT2D eigenvalue weighted by atomic mass is 9.67. The third kappa shape index (κ3) is 3.24. The van der Waals surface area contributed by atoms with Crippen molar-refractivity contribution in [2.75, 3.05) is 44.2 Å². The number of fused-ring (bicyclic) bond motifs is 4. The molecule has 4 rings (SSSR count). The fourth-order valence-corrected chi connectivity index (χ4v) is 5.63. The maximum atomic E-state index is 14.0. The Morgan fingerprint density at radius 1 is 1.00 bits per heavy atom. The van der Waals surface area contributed by atoms with Crippen molar-refractivity contribution in [1.82, 2.24) is 14.7 Å². The number of hydrogen-bond acceptors (Lipinski definition) is 5. The smallest absolute Gasteiger partial charge is 0.333 e. The molecule has 0 saturated carbocycles. The number of carbonyl (C=O) groups is 3. The zero-order valence-corrected chi connectivity index (χ0v) is 19.3. The zero-order chi connectivity index (χ0) is 22.3. The standard InChI is InChI=1S/C23H31ClN4O3/c1-4-10-27-20(29)23(21(30)28(11-5-2)22(27)31)14-16-17(24)8-7-9-18(16)26-13-12-25(6-3)15-19(23)26/h7-9,19H,4-6,10-15H2,1-3H3. The second-order valence-electron chi connectivity index (χ2n) is 8.68. The van der Waals surface area contributed by atoms with Crippen LogP contribution in [-0.2, 0) is 16.0 Å². The first-order chi connectivity index (χ1) is 14.9. The number of rotatable bonds is 5. The van der Waals surface area contributed by atoms with E-state index in [1.54, 1.807) is 0 Å². The highest BCUT2D eigenvalue weighted by Gasteiger charge is 2.64. The summed E-state index contributed by atoms with van der Waals surface area (Å²) >= 11 is 6.60. The van der Waals surface area contributed by atoms with Gasteiger partial charge in [-0.15, -0.1) is 0 Å². The second kappa shape index (κ2) is 8.43. The highest BCUT2D eigenvalue weighted by molar-refractivity contribution is 6.32. The van der Waals surface area contributed by atoms with E-state index < -0.39 is 11.4 Å². The van der Waals surface area contributed by atoms with Gasteiger partial charge in [0.1, 0.15) is 0 Å². The van der Waals surface area contributed by atoms with Crippen LogP contribution in [0.15, 0.2) is 18.2 Å². The SMILES string of the molecule is CCCN1C(=O)N(CCC)C(=O)C2(Cc3c(Cl)cccc3N3CCN(CC)CC32)C1=O. The highest BCUT2D eigenvalue weighted by Crippen LogP contribution is 2.48. The molecule has 0 aliphatic carbocycles. The quantitative estimate of drug-likeness (QED) is 0.650. The van der Waals surface area contributed by atoms with E-state index in [4.69, 9.17) is 11.6 Å². The number of likely N-dealkylation sites (N-methyl/N-ethyl adjacent to an activating group) is 1. The molecule has 3 heterocycles. The number of barbiturate groups is 1. The molecule has 4 amide bonds. The largest absolute Gasteiger partial charge is 0.364 e. The van der Waals surface area contributed by atoms with Crippen LogP contribution in [0.3, 0.4) is 0 Å². The van der Waals surface area contributed by atoms with Crippen molar-refractivity contribution in [3.8, 4) is 0 Å². The van der Waals surface area contributed by atoms with Gasteiger partial charge < -0.3 is 4.90 Å². The molecule has 168 valence electrons. The Bertz CT molecular complexity index is 877. The van der Waals surface area contributed by atoms with E-state index in [-0.39, 0.29) is 24.3 Å². The van der Waals surface area contributed by atoms with Crippen LogP contribution < -0.4 is 4.90 Å². The molecule has 7 nitrogen and oxygen atoms in total. The minimum atomic E-state index is -1.34. The Morgan fingerprint density at radius 2 is 1.65 bits per heavy atom. The van der Waals surface area contributed by atoms with Crippen molar-refractivity contribution in [1.29, 1.82) is 0 Å². The van der Waals surface area contributed by atoms with Gasteiger partial charge in [-0.25, -0.2) is 4.79 Å². The molecule has 0 bridgehead atoms. The number of hydrogen-bond donors (Lipinski definition) is 0. The third-order valence-electron chi connectivity index (χ3n) is 6.95. The Morgan fingerprint density at radius 3 is 2.23 bits per heavy atom. The van der Waals surface area contributed by atoms with E-state index in [9.17, 15) is 14.4 Å². The molecule has 1 aromatic carbocycles. The minimum Gasteiger partial charge on any atom is -0.364 e. The summed E-state index contributed by atoms with van der Waals surface area (Å²) in [6, 6.07) is 4.94. The Kier molecular flexibility index (Phi) is 6.01. The van der Waals surface area contributed by atoms with Gasteiger partial charge in [0.05, 0.1) is 6.04 Å². The highest BCUT2D eigenvalue weighted by atomic mass is 35.5. The van der Waals surface area contributed by atoms with Crippen LogP contribution >= 0.6 is 11.6 Å². The predicted molar refractivity (Wildman–Crippen MR) is 120 cm³/mol. The van der Waals surface area contributed by atoms with Crippen LogP contribution in [0.25, 0.3) is 0 Å². The van der Waals surface area contributed by atoms with Gasteiger partial charge in [-0.05, 0) is 37.1 Å². The number of carbonyl (C=O) groups excluding carboxylic acids is 3. The van der Waals surface area contributed by atoms with E-state index in [1.165, 1.54) is 9.80 Å². The van der Waals surface area contributed by atoms with Crippen molar-refractivity contribution in [2.24, 2.45) is 5.41 Å². The summed E-state index contributed by atoms with van der Waals surface area (Å²) in [5.41, 5.74) is 0.485. The summed E-state index contributed by atoms with van der Waals surface area (Å²) in [7, 11) is 0. The fourth-order valence-electron chi connectivity index (χ4n) is 5.40.